The van der Waals surface area contributed by atoms with Crippen molar-refractivity contribution in [2.45, 2.75) is 32.2 Å². The summed E-state index contributed by atoms with van der Waals surface area (Å²) in [7, 11) is 0. The summed E-state index contributed by atoms with van der Waals surface area (Å²) in [5.74, 6) is 1.03. The van der Waals surface area contributed by atoms with Crippen molar-refractivity contribution >= 4 is 0 Å². The lowest BCUT2D eigenvalue weighted by Gasteiger charge is -2.38. The summed E-state index contributed by atoms with van der Waals surface area (Å²) in [5.41, 5.74) is 0.226. The van der Waals surface area contributed by atoms with E-state index < -0.39 is 0 Å². The van der Waals surface area contributed by atoms with Gasteiger partial charge in [0.15, 0.2) is 0 Å². The summed E-state index contributed by atoms with van der Waals surface area (Å²) in [4.78, 5) is 0. The third-order valence-electron chi connectivity index (χ3n) is 3.55. The lowest BCUT2D eigenvalue weighted by molar-refractivity contribution is 0.233. The zero-order valence-corrected chi connectivity index (χ0v) is 8.84. The van der Waals surface area contributed by atoms with E-state index in [0.717, 1.165) is 6.54 Å². The van der Waals surface area contributed by atoms with Crippen molar-refractivity contribution in [3.63, 3.8) is 0 Å². The van der Waals surface area contributed by atoms with Crippen molar-refractivity contribution in [1.29, 1.82) is 0 Å². The fourth-order valence-corrected chi connectivity index (χ4v) is 2.40. The van der Waals surface area contributed by atoms with Crippen LogP contribution in [0.2, 0.25) is 0 Å². The second-order valence-corrected chi connectivity index (χ2v) is 4.12. The van der Waals surface area contributed by atoms with Gasteiger partial charge in [-0.3, -0.25) is 0 Å². The molecule has 0 aromatic heterocycles. The Hall–Kier alpha value is -0.560. The van der Waals surface area contributed by atoms with Crippen molar-refractivity contribution in [2.24, 2.45) is 11.8 Å². The maximum Gasteiger partial charge on any atom is 0.0301 e. The molecule has 1 N–H and O–H groups in total. The lowest BCUT2D eigenvalue weighted by atomic mass is 9.74. The topological polar surface area (TPSA) is 12.0 Å². The summed E-state index contributed by atoms with van der Waals surface area (Å²) < 4.78 is 0. The molecule has 1 heterocycles. The molecule has 0 aromatic carbocycles. The summed E-state index contributed by atoms with van der Waals surface area (Å²) in [6.07, 6.45) is 6.63. The SMILES string of the molecule is C=C[C@@H](C)C1([C@@H](C)C=C)CCCN1. The van der Waals surface area contributed by atoms with E-state index in [9.17, 15) is 0 Å². The third-order valence-corrected chi connectivity index (χ3v) is 3.55. The number of nitrogens with one attached hydrogen (secondary N) is 1. The van der Waals surface area contributed by atoms with Gasteiger partial charge < -0.3 is 5.32 Å². The first-order valence-electron chi connectivity index (χ1n) is 5.17. The molecule has 3 atom stereocenters. The predicted molar refractivity (Wildman–Crippen MR) is 58.7 cm³/mol. The van der Waals surface area contributed by atoms with Crippen molar-refractivity contribution in [1.82, 2.24) is 5.32 Å². The van der Waals surface area contributed by atoms with Crippen LogP contribution in [-0.4, -0.2) is 12.1 Å². The summed E-state index contributed by atoms with van der Waals surface area (Å²) in [6, 6.07) is 0. The molecule has 0 aliphatic carbocycles. The van der Waals surface area contributed by atoms with Gasteiger partial charge in [0.05, 0.1) is 0 Å². The highest BCUT2D eigenvalue weighted by Gasteiger charge is 2.40. The molecule has 1 saturated heterocycles. The van der Waals surface area contributed by atoms with Crippen LogP contribution in [-0.2, 0) is 0 Å². The maximum absolute atomic E-state index is 3.89. The second kappa shape index (κ2) is 4.10. The Labute approximate surface area is 81.9 Å². The van der Waals surface area contributed by atoms with Gasteiger partial charge >= 0.3 is 0 Å². The molecule has 13 heavy (non-hydrogen) atoms. The molecule has 0 radical (unpaired) electrons. The zero-order valence-electron chi connectivity index (χ0n) is 8.84. The van der Waals surface area contributed by atoms with Crippen molar-refractivity contribution in [3.05, 3.63) is 25.3 Å². The predicted octanol–water partition coefficient (Wildman–Crippen LogP) is 2.75. The molecule has 0 saturated carbocycles. The first-order chi connectivity index (χ1) is 6.17. The molecule has 0 aromatic rings. The Morgan fingerprint density at radius 1 is 1.23 bits per heavy atom. The van der Waals surface area contributed by atoms with Gasteiger partial charge in [0.25, 0.3) is 0 Å². The molecule has 1 aliphatic heterocycles. The van der Waals surface area contributed by atoms with Crippen LogP contribution in [0, 0.1) is 11.8 Å². The van der Waals surface area contributed by atoms with Gasteiger partial charge in [-0.1, -0.05) is 26.0 Å². The van der Waals surface area contributed by atoms with E-state index in [0.29, 0.717) is 11.8 Å². The molecular formula is C12H21N. The molecule has 0 amide bonds. The van der Waals surface area contributed by atoms with Crippen LogP contribution >= 0.6 is 0 Å². The maximum atomic E-state index is 3.89. The van der Waals surface area contributed by atoms with Crippen LogP contribution in [0.4, 0.5) is 0 Å². The third kappa shape index (κ3) is 1.71. The minimum Gasteiger partial charge on any atom is -0.310 e. The van der Waals surface area contributed by atoms with Crippen LogP contribution in [0.5, 0.6) is 0 Å². The monoisotopic (exact) mass is 179 g/mol. The minimum atomic E-state index is 0.226. The van der Waals surface area contributed by atoms with E-state index in [4.69, 9.17) is 0 Å². The van der Waals surface area contributed by atoms with E-state index in [2.05, 4.69) is 44.5 Å². The molecule has 1 fully saturated rings. The molecule has 74 valence electrons. The van der Waals surface area contributed by atoms with Crippen LogP contribution in [0.15, 0.2) is 25.3 Å². The Morgan fingerprint density at radius 2 is 1.77 bits per heavy atom. The number of hydrogen-bond acceptors (Lipinski definition) is 1. The molecule has 1 unspecified atom stereocenters. The highest BCUT2D eigenvalue weighted by atomic mass is 15.0. The zero-order chi connectivity index (χ0) is 9.90. The van der Waals surface area contributed by atoms with Crippen LogP contribution in [0.1, 0.15) is 26.7 Å². The summed E-state index contributed by atoms with van der Waals surface area (Å²) in [6.45, 7) is 13.4. The number of hydrogen-bond donors (Lipinski definition) is 1. The van der Waals surface area contributed by atoms with Gasteiger partial charge in [-0.05, 0) is 31.2 Å². The first-order valence-corrected chi connectivity index (χ1v) is 5.17. The normalized spacial score (nSPS) is 32.5. The minimum absolute atomic E-state index is 0.226. The Morgan fingerprint density at radius 3 is 2.08 bits per heavy atom. The standard InChI is InChI=1S/C12H21N/c1-5-10(3)12(11(4)6-2)8-7-9-13-12/h5-6,10-11,13H,1-2,7-9H2,3-4H3/t10-,11+,12?. The highest BCUT2D eigenvalue weighted by molar-refractivity contribution is 5.09. The van der Waals surface area contributed by atoms with Crippen LogP contribution in [0.25, 0.3) is 0 Å². The second-order valence-electron chi connectivity index (χ2n) is 4.12. The Balaban J connectivity index is 2.85. The van der Waals surface area contributed by atoms with Crippen molar-refractivity contribution < 1.29 is 0 Å². The average Bonchev–Trinajstić information content (AvgIpc) is 2.65. The van der Waals surface area contributed by atoms with E-state index >= 15 is 0 Å². The Kier molecular flexibility index (Phi) is 3.32. The van der Waals surface area contributed by atoms with Gasteiger partial charge in [0.1, 0.15) is 0 Å². The van der Waals surface area contributed by atoms with Gasteiger partial charge in [0.2, 0.25) is 0 Å². The molecule has 1 nitrogen and oxygen atoms in total. The molecular weight excluding hydrogens is 158 g/mol. The molecule has 1 aliphatic rings. The van der Waals surface area contributed by atoms with Crippen molar-refractivity contribution in [3.8, 4) is 0 Å². The van der Waals surface area contributed by atoms with Gasteiger partial charge in [0, 0.05) is 5.54 Å². The molecule has 0 spiro atoms. The highest BCUT2D eigenvalue weighted by Crippen LogP contribution is 2.35. The van der Waals surface area contributed by atoms with E-state index in [1.165, 1.54) is 12.8 Å². The molecule has 0 bridgehead atoms. The van der Waals surface area contributed by atoms with Crippen LogP contribution in [0.3, 0.4) is 0 Å². The first kappa shape index (κ1) is 10.5. The quantitative estimate of drug-likeness (QED) is 0.654. The van der Waals surface area contributed by atoms with Crippen molar-refractivity contribution in [2.75, 3.05) is 6.54 Å². The largest absolute Gasteiger partial charge is 0.310 e. The van der Waals surface area contributed by atoms with Gasteiger partial charge in [-0.25, -0.2) is 0 Å². The van der Waals surface area contributed by atoms with E-state index in [-0.39, 0.29) is 5.54 Å². The molecule has 1 heteroatoms. The number of rotatable bonds is 4. The average molecular weight is 179 g/mol. The molecule has 1 rings (SSSR count). The fourth-order valence-electron chi connectivity index (χ4n) is 2.40. The smallest absolute Gasteiger partial charge is 0.0301 e. The fraction of sp³-hybridized carbons (Fsp3) is 0.667. The summed E-state index contributed by atoms with van der Waals surface area (Å²) >= 11 is 0. The van der Waals surface area contributed by atoms with Gasteiger partial charge in [-0.15, -0.1) is 13.2 Å². The lowest BCUT2D eigenvalue weighted by Crippen LogP contribution is -2.49. The van der Waals surface area contributed by atoms with E-state index in [1.807, 2.05) is 0 Å². The van der Waals surface area contributed by atoms with Crippen LogP contribution < -0.4 is 5.32 Å². The summed E-state index contributed by atoms with van der Waals surface area (Å²) in [5, 5.41) is 3.63. The van der Waals surface area contributed by atoms with Gasteiger partial charge in [-0.2, -0.15) is 0 Å². The Bertz CT molecular complexity index is 173. The van der Waals surface area contributed by atoms with E-state index in [1.54, 1.807) is 0 Å².